The highest BCUT2D eigenvalue weighted by atomic mass is 35.5. The van der Waals surface area contributed by atoms with Gasteiger partial charge in [-0.15, -0.1) is 12.4 Å². The van der Waals surface area contributed by atoms with Gasteiger partial charge in [0.2, 0.25) is 0 Å². The van der Waals surface area contributed by atoms with Gasteiger partial charge in [-0.05, 0) is 12.5 Å². The Labute approximate surface area is 104 Å². The Morgan fingerprint density at radius 2 is 1.93 bits per heavy atom. The van der Waals surface area contributed by atoms with E-state index in [1.807, 2.05) is 0 Å². The van der Waals surface area contributed by atoms with Crippen LogP contribution < -0.4 is 5.73 Å². The first-order valence-corrected chi connectivity index (χ1v) is 4.86. The van der Waals surface area contributed by atoms with E-state index in [9.17, 15) is 5.11 Å². The van der Waals surface area contributed by atoms with E-state index >= 15 is 0 Å². The minimum atomic E-state index is -0.435. The predicted molar refractivity (Wildman–Crippen MR) is 64.0 cm³/mol. The quantitative estimate of drug-likeness (QED) is 0.792. The number of hydrogen-bond donors (Lipinski definition) is 3. The summed E-state index contributed by atoms with van der Waals surface area (Å²) in [7, 11) is 0. The number of aliphatic hydroxyl groups is 1. The second kappa shape index (κ2) is 6.40. The standard InChI is InChI=1S/C9H11Cl2NO2.ClH/c10-6-2-1-5(7(12)3-4-13)9(14)8(6)11;/h1-2,7,13-14H,3-4,12H2;1H/t7-;/m1./s1. The molecule has 4 N–H and O–H groups in total. The number of phenols is 1. The summed E-state index contributed by atoms with van der Waals surface area (Å²) in [6, 6.07) is 2.73. The molecule has 0 radical (unpaired) electrons. The first kappa shape index (κ1) is 14.8. The summed E-state index contributed by atoms with van der Waals surface area (Å²) in [5, 5.41) is 18.7. The van der Waals surface area contributed by atoms with Gasteiger partial charge in [-0.2, -0.15) is 0 Å². The molecular weight excluding hydrogens is 260 g/mol. The van der Waals surface area contributed by atoms with Gasteiger partial charge >= 0.3 is 0 Å². The highest BCUT2D eigenvalue weighted by Crippen LogP contribution is 2.36. The Hall–Kier alpha value is -0.190. The number of aliphatic hydroxyl groups excluding tert-OH is 1. The minimum Gasteiger partial charge on any atom is -0.506 e. The molecule has 1 atom stereocenters. The molecule has 0 aliphatic carbocycles. The molecule has 15 heavy (non-hydrogen) atoms. The highest BCUT2D eigenvalue weighted by Gasteiger charge is 2.14. The van der Waals surface area contributed by atoms with Crippen LogP contribution in [0.3, 0.4) is 0 Å². The zero-order valence-corrected chi connectivity index (χ0v) is 10.1. The molecule has 0 spiro atoms. The van der Waals surface area contributed by atoms with Gasteiger partial charge in [0, 0.05) is 18.2 Å². The molecule has 86 valence electrons. The normalized spacial score (nSPS) is 12.0. The van der Waals surface area contributed by atoms with E-state index in [-0.39, 0.29) is 34.8 Å². The van der Waals surface area contributed by atoms with E-state index in [0.29, 0.717) is 12.0 Å². The first-order valence-electron chi connectivity index (χ1n) is 4.11. The summed E-state index contributed by atoms with van der Waals surface area (Å²) in [5.41, 5.74) is 6.20. The van der Waals surface area contributed by atoms with Gasteiger partial charge in [0.05, 0.1) is 5.02 Å². The number of rotatable bonds is 3. The van der Waals surface area contributed by atoms with Crippen LogP contribution in [-0.2, 0) is 0 Å². The van der Waals surface area contributed by atoms with Crippen molar-refractivity contribution in [1.29, 1.82) is 0 Å². The smallest absolute Gasteiger partial charge is 0.140 e. The Morgan fingerprint density at radius 3 is 2.47 bits per heavy atom. The lowest BCUT2D eigenvalue weighted by Crippen LogP contribution is -2.12. The molecule has 6 heteroatoms. The number of halogens is 3. The van der Waals surface area contributed by atoms with E-state index in [1.54, 1.807) is 12.1 Å². The van der Waals surface area contributed by atoms with Gasteiger partial charge in [-0.3, -0.25) is 0 Å². The lowest BCUT2D eigenvalue weighted by molar-refractivity contribution is 0.275. The maximum absolute atomic E-state index is 9.60. The SMILES string of the molecule is Cl.N[C@H](CCO)c1ccc(Cl)c(Cl)c1O. The third kappa shape index (κ3) is 3.40. The molecule has 1 rings (SSSR count). The Balaban J connectivity index is 0.00000196. The van der Waals surface area contributed by atoms with Crippen molar-refractivity contribution in [3.8, 4) is 5.75 Å². The number of hydrogen-bond acceptors (Lipinski definition) is 3. The summed E-state index contributed by atoms with van der Waals surface area (Å²) in [6.45, 7) is -0.0408. The van der Waals surface area contributed by atoms with Crippen molar-refractivity contribution in [2.75, 3.05) is 6.61 Å². The van der Waals surface area contributed by atoms with Gasteiger partial charge in [-0.25, -0.2) is 0 Å². The van der Waals surface area contributed by atoms with E-state index < -0.39 is 6.04 Å². The number of nitrogens with two attached hydrogens (primary N) is 1. The molecule has 0 saturated carbocycles. The van der Waals surface area contributed by atoms with Crippen molar-refractivity contribution in [2.24, 2.45) is 5.73 Å². The van der Waals surface area contributed by atoms with Crippen LogP contribution in [-0.4, -0.2) is 16.8 Å². The largest absolute Gasteiger partial charge is 0.506 e. The maximum Gasteiger partial charge on any atom is 0.140 e. The van der Waals surface area contributed by atoms with Crippen LogP contribution in [0, 0.1) is 0 Å². The van der Waals surface area contributed by atoms with Crippen molar-refractivity contribution >= 4 is 35.6 Å². The fourth-order valence-electron chi connectivity index (χ4n) is 1.15. The highest BCUT2D eigenvalue weighted by molar-refractivity contribution is 6.43. The molecule has 1 aromatic rings. The number of phenolic OH excluding ortho intramolecular Hbond substituents is 1. The van der Waals surface area contributed by atoms with Crippen LogP contribution >= 0.6 is 35.6 Å². The summed E-state index contributed by atoms with van der Waals surface area (Å²) in [6.07, 6.45) is 0.367. The lowest BCUT2D eigenvalue weighted by Gasteiger charge is -2.13. The van der Waals surface area contributed by atoms with Crippen LogP contribution in [0.4, 0.5) is 0 Å². The van der Waals surface area contributed by atoms with Crippen LogP contribution in [0.25, 0.3) is 0 Å². The molecule has 0 fully saturated rings. The topological polar surface area (TPSA) is 66.5 Å². The second-order valence-corrected chi connectivity index (χ2v) is 3.70. The van der Waals surface area contributed by atoms with Crippen molar-refractivity contribution in [1.82, 2.24) is 0 Å². The van der Waals surface area contributed by atoms with Gasteiger partial charge in [-0.1, -0.05) is 29.3 Å². The summed E-state index contributed by atoms with van der Waals surface area (Å²) < 4.78 is 0. The van der Waals surface area contributed by atoms with E-state index in [1.165, 1.54) is 0 Å². The molecule has 1 aromatic carbocycles. The van der Waals surface area contributed by atoms with Gasteiger partial charge in [0.1, 0.15) is 10.8 Å². The summed E-state index contributed by atoms with van der Waals surface area (Å²) in [5.74, 6) is -0.111. The Kier molecular flexibility index (Phi) is 6.32. The predicted octanol–water partition coefficient (Wildman–Crippen LogP) is 2.50. The molecular formula is C9H12Cl3NO2. The minimum absolute atomic E-state index is 0. The second-order valence-electron chi connectivity index (χ2n) is 2.92. The molecule has 0 unspecified atom stereocenters. The fourth-order valence-corrected chi connectivity index (χ4v) is 1.47. The van der Waals surface area contributed by atoms with Crippen molar-refractivity contribution < 1.29 is 10.2 Å². The van der Waals surface area contributed by atoms with Crippen molar-refractivity contribution in [3.63, 3.8) is 0 Å². The third-order valence-corrected chi connectivity index (χ3v) is 2.73. The monoisotopic (exact) mass is 271 g/mol. The molecule has 0 aliphatic heterocycles. The Bertz CT molecular complexity index is 333. The van der Waals surface area contributed by atoms with E-state index in [4.69, 9.17) is 34.0 Å². The summed E-state index contributed by atoms with van der Waals surface area (Å²) in [4.78, 5) is 0. The van der Waals surface area contributed by atoms with E-state index in [0.717, 1.165) is 0 Å². The van der Waals surface area contributed by atoms with Gasteiger partial charge < -0.3 is 15.9 Å². The number of aromatic hydroxyl groups is 1. The zero-order chi connectivity index (χ0) is 10.7. The molecule has 0 saturated heterocycles. The first-order chi connectivity index (χ1) is 6.57. The summed E-state index contributed by atoms with van der Waals surface area (Å²) >= 11 is 11.4. The molecule has 0 heterocycles. The lowest BCUT2D eigenvalue weighted by atomic mass is 10.0. The third-order valence-electron chi connectivity index (χ3n) is 1.94. The molecule has 3 nitrogen and oxygen atoms in total. The Morgan fingerprint density at radius 1 is 1.33 bits per heavy atom. The fraction of sp³-hybridized carbons (Fsp3) is 0.333. The average molecular weight is 273 g/mol. The van der Waals surface area contributed by atoms with E-state index in [2.05, 4.69) is 0 Å². The molecule has 0 bridgehead atoms. The molecule has 0 amide bonds. The van der Waals surface area contributed by atoms with Crippen LogP contribution in [0.15, 0.2) is 12.1 Å². The van der Waals surface area contributed by atoms with Crippen LogP contribution in [0.2, 0.25) is 10.0 Å². The van der Waals surface area contributed by atoms with Crippen molar-refractivity contribution in [3.05, 3.63) is 27.7 Å². The maximum atomic E-state index is 9.60. The van der Waals surface area contributed by atoms with Crippen molar-refractivity contribution in [2.45, 2.75) is 12.5 Å². The van der Waals surface area contributed by atoms with Gasteiger partial charge in [0.25, 0.3) is 0 Å². The molecule has 0 aromatic heterocycles. The number of benzene rings is 1. The van der Waals surface area contributed by atoms with Gasteiger partial charge in [0.15, 0.2) is 0 Å². The zero-order valence-electron chi connectivity index (χ0n) is 7.78. The average Bonchev–Trinajstić information content (AvgIpc) is 2.15. The van der Waals surface area contributed by atoms with Crippen LogP contribution in [0.5, 0.6) is 5.75 Å². The van der Waals surface area contributed by atoms with Crippen LogP contribution in [0.1, 0.15) is 18.0 Å². The molecule has 0 aliphatic rings.